The van der Waals surface area contributed by atoms with Crippen LogP contribution in [0.3, 0.4) is 0 Å². The highest BCUT2D eigenvalue weighted by molar-refractivity contribution is 6.06. The molecule has 3 aromatic rings. The number of nitrogens with two attached hydrogens (primary N) is 1. The van der Waals surface area contributed by atoms with Crippen molar-refractivity contribution in [2.75, 3.05) is 13.1 Å². The van der Waals surface area contributed by atoms with Gasteiger partial charge >= 0.3 is 0 Å². The fourth-order valence-corrected chi connectivity index (χ4v) is 3.89. The minimum Gasteiger partial charge on any atom is -0.336 e. The summed E-state index contributed by atoms with van der Waals surface area (Å²) in [4.78, 5) is 20.0. The number of likely N-dealkylation sites (tertiary alicyclic amines) is 1. The maximum absolute atomic E-state index is 13.4. The van der Waals surface area contributed by atoms with Crippen molar-refractivity contribution in [3.05, 3.63) is 77.5 Å². The zero-order valence-corrected chi connectivity index (χ0v) is 18.2. The molecule has 1 saturated heterocycles. The summed E-state index contributed by atoms with van der Waals surface area (Å²) in [6.07, 6.45) is 0. The zero-order chi connectivity index (χ0) is 19.0. The van der Waals surface area contributed by atoms with Gasteiger partial charge in [-0.1, -0.05) is 62.4 Å². The summed E-state index contributed by atoms with van der Waals surface area (Å²) in [5.74, 6) is 0.483. The fraction of sp³-hybridized carbons (Fsp3) is 0.304. The minimum atomic E-state index is -0.0472. The van der Waals surface area contributed by atoms with Gasteiger partial charge in [-0.25, -0.2) is 0 Å². The van der Waals surface area contributed by atoms with Gasteiger partial charge in [0.25, 0.3) is 5.91 Å². The van der Waals surface area contributed by atoms with Gasteiger partial charge in [-0.15, -0.1) is 24.8 Å². The number of aromatic nitrogens is 1. The van der Waals surface area contributed by atoms with Crippen LogP contribution in [0.15, 0.2) is 60.7 Å². The van der Waals surface area contributed by atoms with E-state index in [4.69, 9.17) is 10.7 Å². The molecule has 1 amide bonds. The molecular weight excluding hydrogens is 405 g/mol. The molecule has 0 spiro atoms. The van der Waals surface area contributed by atoms with E-state index in [1.165, 1.54) is 5.56 Å². The molecule has 2 N–H and O–H groups in total. The average Bonchev–Trinajstić information content (AvgIpc) is 3.09. The van der Waals surface area contributed by atoms with Crippen molar-refractivity contribution < 1.29 is 4.79 Å². The maximum Gasteiger partial charge on any atom is 0.254 e. The molecule has 1 aliphatic rings. The monoisotopic (exact) mass is 431 g/mol. The van der Waals surface area contributed by atoms with Crippen molar-refractivity contribution in [1.29, 1.82) is 0 Å². The average molecular weight is 432 g/mol. The molecule has 0 radical (unpaired) electrons. The van der Waals surface area contributed by atoms with Crippen molar-refractivity contribution in [3.8, 4) is 0 Å². The smallest absolute Gasteiger partial charge is 0.254 e. The molecule has 0 aliphatic carbocycles. The van der Waals surface area contributed by atoms with Crippen LogP contribution in [0, 0.1) is 0 Å². The van der Waals surface area contributed by atoms with Crippen LogP contribution in [0.5, 0.6) is 0 Å². The van der Waals surface area contributed by atoms with E-state index >= 15 is 0 Å². The first-order valence-electron chi connectivity index (χ1n) is 9.54. The number of rotatable bonds is 3. The van der Waals surface area contributed by atoms with E-state index in [1.54, 1.807) is 0 Å². The highest BCUT2D eigenvalue weighted by Gasteiger charge is 2.34. The summed E-state index contributed by atoms with van der Waals surface area (Å²) in [5.41, 5.74) is 10.1. The number of fused-ring (bicyclic) bond motifs is 1. The molecule has 0 bridgehead atoms. The Morgan fingerprint density at radius 1 is 1.03 bits per heavy atom. The van der Waals surface area contributed by atoms with E-state index in [0.29, 0.717) is 13.1 Å². The molecule has 4 rings (SSSR count). The zero-order valence-electron chi connectivity index (χ0n) is 16.6. The Balaban J connectivity index is 0.00000150. The number of hydrogen-bond acceptors (Lipinski definition) is 3. The van der Waals surface area contributed by atoms with Gasteiger partial charge in [-0.05, 0) is 23.6 Å². The first kappa shape index (κ1) is 23.1. The number of benzene rings is 2. The number of carbonyl (C=O) groups excluding carboxylic acids is 1. The molecule has 1 aliphatic heterocycles. The third kappa shape index (κ3) is 4.55. The van der Waals surface area contributed by atoms with Crippen LogP contribution < -0.4 is 5.73 Å². The topological polar surface area (TPSA) is 59.2 Å². The number of para-hydroxylation sites is 1. The molecular formula is C23H27Cl2N3O. The second-order valence-electron chi connectivity index (χ2n) is 7.66. The minimum absolute atomic E-state index is 0. The van der Waals surface area contributed by atoms with Crippen LogP contribution in [0.1, 0.15) is 47.3 Å². The first-order chi connectivity index (χ1) is 13.0. The number of nitrogens with zero attached hydrogens (tertiary/aromatic N) is 2. The Morgan fingerprint density at radius 2 is 1.69 bits per heavy atom. The number of pyridine rings is 1. The quantitative estimate of drug-likeness (QED) is 0.649. The summed E-state index contributed by atoms with van der Waals surface area (Å²) in [6.45, 7) is 5.43. The van der Waals surface area contributed by atoms with Crippen molar-refractivity contribution in [2.45, 2.75) is 31.7 Å². The van der Waals surface area contributed by atoms with Gasteiger partial charge in [-0.3, -0.25) is 9.78 Å². The molecule has 0 saturated carbocycles. The van der Waals surface area contributed by atoms with Gasteiger partial charge in [0.05, 0.1) is 11.1 Å². The Hall–Kier alpha value is -2.14. The van der Waals surface area contributed by atoms with Crippen LogP contribution >= 0.6 is 24.8 Å². The number of amides is 1. The van der Waals surface area contributed by atoms with Crippen LogP contribution in [0.25, 0.3) is 10.9 Å². The molecule has 154 valence electrons. The van der Waals surface area contributed by atoms with Crippen LogP contribution in [0.4, 0.5) is 0 Å². The predicted molar refractivity (Wildman–Crippen MR) is 123 cm³/mol. The third-order valence-corrected chi connectivity index (χ3v) is 5.44. The molecule has 2 atom stereocenters. The highest BCUT2D eigenvalue weighted by atomic mass is 35.5. The van der Waals surface area contributed by atoms with Gasteiger partial charge < -0.3 is 10.6 Å². The van der Waals surface area contributed by atoms with E-state index in [2.05, 4.69) is 26.0 Å². The Kier molecular flexibility index (Phi) is 7.64. The molecule has 1 aromatic heterocycles. The van der Waals surface area contributed by atoms with E-state index in [0.717, 1.165) is 22.2 Å². The highest BCUT2D eigenvalue weighted by Crippen LogP contribution is 2.29. The summed E-state index contributed by atoms with van der Waals surface area (Å²) in [6, 6.07) is 20.0. The molecule has 4 nitrogen and oxygen atoms in total. The van der Waals surface area contributed by atoms with Gasteiger partial charge in [0.15, 0.2) is 0 Å². The van der Waals surface area contributed by atoms with Crippen molar-refractivity contribution in [1.82, 2.24) is 9.88 Å². The lowest BCUT2D eigenvalue weighted by molar-refractivity contribution is 0.0791. The Morgan fingerprint density at radius 3 is 2.38 bits per heavy atom. The van der Waals surface area contributed by atoms with Crippen LogP contribution in [-0.4, -0.2) is 34.9 Å². The summed E-state index contributed by atoms with van der Waals surface area (Å²) < 4.78 is 0. The summed E-state index contributed by atoms with van der Waals surface area (Å²) in [5, 5.41) is 0.906. The second kappa shape index (κ2) is 9.57. The van der Waals surface area contributed by atoms with E-state index in [1.807, 2.05) is 53.4 Å². The SMILES string of the molecule is CC(C)c1cc(C(=O)N2C[C@@H](N)[C@H](c3ccccc3)C2)c2ccccc2n1.Cl.Cl. The van der Waals surface area contributed by atoms with Crippen LogP contribution in [0.2, 0.25) is 0 Å². The third-order valence-electron chi connectivity index (χ3n) is 5.44. The molecule has 0 unspecified atom stereocenters. The van der Waals surface area contributed by atoms with Crippen LogP contribution in [-0.2, 0) is 0 Å². The van der Waals surface area contributed by atoms with E-state index < -0.39 is 0 Å². The maximum atomic E-state index is 13.4. The predicted octanol–water partition coefficient (Wildman–Crippen LogP) is 4.77. The van der Waals surface area contributed by atoms with E-state index in [9.17, 15) is 4.79 Å². The standard InChI is InChI=1S/C23H25N3O.2ClH/c1-15(2)22-12-18(17-10-6-7-11-21(17)25-22)23(27)26-13-19(20(24)14-26)16-8-4-3-5-9-16;;/h3-12,15,19-20H,13-14,24H2,1-2H3;2*1H/t19-,20+;;/m0../s1. The lowest BCUT2D eigenvalue weighted by Gasteiger charge is -2.19. The van der Waals surface area contributed by atoms with E-state index in [-0.39, 0.29) is 48.6 Å². The Bertz CT molecular complexity index is 978. The van der Waals surface area contributed by atoms with Gasteiger partial charge in [-0.2, -0.15) is 0 Å². The lowest BCUT2D eigenvalue weighted by Crippen LogP contribution is -2.32. The van der Waals surface area contributed by atoms with Gasteiger partial charge in [0, 0.05) is 36.1 Å². The Labute approximate surface area is 184 Å². The van der Waals surface area contributed by atoms with Gasteiger partial charge in [0.1, 0.15) is 0 Å². The van der Waals surface area contributed by atoms with Gasteiger partial charge in [0.2, 0.25) is 0 Å². The fourth-order valence-electron chi connectivity index (χ4n) is 3.89. The number of carbonyl (C=O) groups is 1. The van der Waals surface area contributed by atoms with Crippen molar-refractivity contribution in [3.63, 3.8) is 0 Å². The first-order valence-corrected chi connectivity index (χ1v) is 9.54. The lowest BCUT2D eigenvalue weighted by atomic mass is 9.95. The molecule has 29 heavy (non-hydrogen) atoms. The molecule has 2 aromatic carbocycles. The second-order valence-corrected chi connectivity index (χ2v) is 7.66. The largest absolute Gasteiger partial charge is 0.336 e. The summed E-state index contributed by atoms with van der Waals surface area (Å²) in [7, 11) is 0. The number of hydrogen-bond donors (Lipinski definition) is 1. The molecule has 2 heterocycles. The normalized spacial score (nSPS) is 18.4. The summed E-state index contributed by atoms with van der Waals surface area (Å²) >= 11 is 0. The van der Waals surface area contributed by atoms with Crippen molar-refractivity contribution >= 4 is 41.6 Å². The number of halogens is 2. The van der Waals surface area contributed by atoms with Crippen molar-refractivity contribution in [2.24, 2.45) is 5.73 Å². The molecule has 1 fully saturated rings. The molecule has 6 heteroatoms.